The first-order valence-electron chi connectivity index (χ1n) is 10.3. The number of nitrogens with zero attached hydrogens (tertiary/aromatic N) is 1. The van der Waals surface area contributed by atoms with E-state index < -0.39 is 12.0 Å². The van der Waals surface area contributed by atoms with E-state index in [1.807, 2.05) is 36.4 Å². The van der Waals surface area contributed by atoms with E-state index in [2.05, 4.69) is 5.16 Å². The number of benzene rings is 3. The number of ether oxygens (including phenoxy) is 2. The molecule has 33 heavy (non-hydrogen) atoms. The zero-order chi connectivity index (χ0) is 23.6. The van der Waals surface area contributed by atoms with Gasteiger partial charge in [0.2, 0.25) is 0 Å². The summed E-state index contributed by atoms with van der Waals surface area (Å²) >= 11 is 0. The van der Waals surface area contributed by atoms with E-state index in [0.717, 1.165) is 16.7 Å². The number of aliphatic carboxylic acids is 1. The second kappa shape index (κ2) is 11.5. The SMILES string of the molecule is CO/N=C(/COc1ccc(COc2ccc(C(N)CC(=O)O)cc2)cc1)c1ccc(N)cc1. The van der Waals surface area contributed by atoms with Crippen LogP contribution in [0.3, 0.4) is 0 Å². The molecule has 0 fully saturated rings. The summed E-state index contributed by atoms with van der Waals surface area (Å²) in [7, 11) is 1.49. The predicted molar refractivity (Wildman–Crippen MR) is 126 cm³/mol. The summed E-state index contributed by atoms with van der Waals surface area (Å²) in [5.74, 6) is 0.433. The molecular weight excluding hydrogens is 422 g/mol. The molecule has 0 heterocycles. The molecule has 0 spiro atoms. The Morgan fingerprint density at radius 2 is 1.55 bits per heavy atom. The zero-order valence-corrected chi connectivity index (χ0v) is 18.3. The molecule has 5 N–H and O–H groups in total. The second-order valence-corrected chi connectivity index (χ2v) is 7.34. The smallest absolute Gasteiger partial charge is 0.305 e. The Labute approximate surface area is 192 Å². The molecule has 0 amide bonds. The van der Waals surface area contributed by atoms with Crippen molar-refractivity contribution in [2.24, 2.45) is 10.9 Å². The number of carbonyl (C=O) groups is 1. The third-order valence-electron chi connectivity index (χ3n) is 4.85. The third-order valence-corrected chi connectivity index (χ3v) is 4.85. The van der Waals surface area contributed by atoms with Crippen LogP contribution in [0.4, 0.5) is 5.69 Å². The van der Waals surface area contributed by atoms with Gasteiger partial charge in [0.1, 0.15) is 37.5 Å². The topological polar surface area (TPSA) is 129 Å². The maximum absolute atomic E-state index is 10.8. The quantitative estimate of drug-likeness (QED) is 0.231. The summed E-state index contributed by atoms with van der Waals surface area (Å²) in [5, 5.41) is 12.9. The molecule has 3 aromatic rings. The largest absolute Gasteiger partial charge is 0.489 e. The Hall–Kier alpha value is -4.04. The van der Waals surface area contributed by atoms with Crippen LogP contribution in [-0.2, 0) is 16.2 Å². The van der Waals surface area contributed by atoms with Crippen molar-refractivity contribution in [2.45, 2.75) is 19.1 Å². The summed E-state index contributed by atoms with van der Waals surface area (Å²) in [6, 6.07) is 21.5. The lowest BCUT2D eigenvalue weighted by molar-refractivity contribution is -0.137. The van der Waals surface area contributed by atoms with Crippen molar-refractivity contribution in [3.63, 3.8) is 0 Å². The average molecular weight is 450 g/mol. The molecule has 0 aliphatic heterocycles. The highest BCUT2D eigenvalue weighted by molar-refractivity contribution is 6.01. The first kappa shape index (κ1) is 23.6. The van der Waals surface area contributed by atoms with Crippen LogP contribution in [0.15, 0.2) is 78.0 Å². The van der Waals surface area contributed by atoms with Crippen molar-refractivity contribution in [1.82, 2.24) is 0 Å². The van der Waals surface area contributed by atoms with Gasteiger partial charge in [0.15, 0.2) is 0 Å². The molecular formula is C25H27N3O5. The highest BCUT2D eigenvalue weighted by Gasteiger charge is 2.10. The van der Waals surface area contributed by atoms with Gasteiger partial charge in [-0.2, -0.15) is 0 Å². The van der Waals surface area contributed by atoms with E-state index in [1.54, 1.807) is 36.4 Å². The van der Waals surface area contributed by atoms with Crippen LogP contribution < -0.4 is 20.9 Å². The molecule has 8 nitrogen and oxygen atoms in total. The summed E-state index contributed by atoms with van der Waals surface area (Å²) < 4.78 is 11.7. The van der Waals surface area contributed by atoms with E-state index in [1.165, 1.54) is 7.11 Å². The Balaban J connectivity index is 1.52. The van der Waals surface area contributed by atoms with Crippen LogP contribution in [0.25, 0.3) is 0 Å². The number of carboxylic acid groups (broad SMARTS) is 1. The van der Waals surface area contributed by atoms with Crippen LogP contribution in [-0.4, -0.2) is 30.5 Å². The molecule has 0 saturated heterocycles. The van der Waals surface area contributed by atoms with Crippen molar-refractivity contribution >= 4 is 17.4 Å². The Morgan fingerprint density at radius 1 is 0.939 bits per heavy atom. The van der Waals surface area contributed by atoms with E-state index >= 15 is 0 Å². The number of carboxylic acids is 1. The number of rotatable bonds is 11. The normalized spacial score (nSPS) is 12.1. The minimum absolute atomic E-state index is 0.118. The summed E-state index contributed by atoms with van der Waals surface area (Å²) in [4.78, 5) is 15.7. The van der Waals surface area contributed by atoms with Crippen molar-refractivity contribution in [1.29, 1.82) is 0 Å². The number of nitrogen functional groups attached to an aromatic ring is 1. The van der Waals surface area contributed by atoms with Gasteiger partial charge in [-0.05, 0) is 47.5 Å². The van der Waals surface area contributed by atoms with Gasteiger partial charge in [-0.25, -0.2) is 0 Å². The fourth-order valence-corrected chi connectivity index (χ4v) is 3.07. The summed E-state index contributed by atoms with van der Waals surface area (Å²) in [6.07, 6.45) is -0.118. The van der Waals surface area contributed by atoms with Gasteiger partial charge >= 0.3 is 5.97 Å². The molecule has 172 valence electrons. The molecule has 8 heteroatoms. The Bertz CT molecular complexity index is 1060. The van der Waals surface area contributed by atoms with Crippen LogP contribution in [0.1, 0.15) is 29.2 Å². The maximum Gasteiger partial charge on any atom is 0.305 e. The molecule has 0 aliphatic rings. The van der Waals surface area contributed by atoms with Gasteiger partial charge < -0.3 is 30.9 Å². The Kier molecular flexibility index (Phi) is 8.26. The minimum Gasteiger partial charge on any atom is -0.489 e. The van der Waals surface area contributed by atoms with Gasteiger partial charge in [-0.3, -0.25) is 4.79 Å². The zero-order valence-electron chi connectivity index (χ0n) is 18.3. The van der Waals surface area contributed by atoms with Crippen molar-refractivity contribution in [2.75, 3.05) is 19.5 Å². The maximum atomic E-state index is 10.8. The highest BCUT2D eigenvalue weighted by Crippen LogP contribution is 2.20. The number of hydrogen-bond acceptors (Lipinski definition) is 7. The lowest BCUT2D eigenvalue weighted by Crippen LogP contribution is -2.14. The van der Waals surface area contributed by atoms with Gasteiger partial charge in [-0.15, -0.1) is 0 Å². The fraction of sp³-hybridized carbons (Fsp3) is 0.200. The van der Waals surface area contributed by atoms with Crippen LogP contribution in [0, 0.1) is 0 Å². The molecule has 0 aliphatic carbocycles. The number of oxime groups is 1. The fourth-order valence-electron chi connectivity index (χ4n) is 3.07. The first-order valence-corrected chi connectivity index (χ1v) is 10.3. The van der Waals surface area contributed by atoms with Gasteiger partial charge in [0.05, 0.1) is 6.42 Å². The van der Waals surface area contributed by atoms with E-state index in [-0.39, 0.29) is 13.0 Å². The molecule has 0 radical (unpaired) electrons. The first-order chi connectivity index (χ1) is 15.9. The molecule has 3 aromatic carbocycles. The van der Waals surface area contributed by atoms with E-state index in [9.17, 15) is 4.79 Å². The van der Waals surface area contributed by atoms with Crippen LogP contribution >= 0.6 is 0 Å². The van der Waals surface area contributed by atoms with Crippen molar-refractivity contribution in [3.8, 4) is 11.5 Å². The summed E-state index contributed by atoms with van der Waals surface area (Å²) in [6.45, 7) is 0.618. The van der Waals surface area contributed by atoms with Gasteiger partial charge in [0.25, 0.3) is 0 Å². The monoisotopic (exact) mass is 449 g/mol. The van der Waals surface area contributed by atoms with E-state index in [4.69, 9.17) is 30.9 Å². The predicted octanol–water partition coefficient (Wildman–Crippen LogP) is 3.75. The summed E-state index contributed by atoms with van der Waals surface area (Å²) in [5.41, 5.74) is 15.5. The van der Waals surface area contributed by atoms with Gasteiger partial charge in [0, 0.05) is 17.3 Å². The van der Waals surface area contributed by atoms with Crippen LogP contribution in [0.2, 0.25) is 0 Å². The lowest BCUT2D eigenvalue weighted by atomic mass is 10.0. The van der Waals surface area contributed by atoms with Gasteiger partial charge in [-0.1, -0.05) is 41.6 Å². The molecule has 1 atom stereocenters. The minimum atomic E-state index is -0.928. The molecule has 0 aromatic heterocycles. The third kappa shape index (κ3) is 7.26. The van der Waals surface area contributed by atoms with E-state index in [0.29, 0.717) is 29.5 Å². The number of anilines is 1. The molecule has 1 unspecified atom stereocenters. The second-order valence-electron chi connectivity index (χ2n) is 7.34. The average Bonchev–Trinajstić information content (AvgIpc) is 2.81. The molecule has 0 bridgehead atoms. The lowest BCUT2D eigenvalue weighted by Gasteiger charge is -2.12. The standard InChI is InChI=1S/C25H27N3O5/c1-31-28-24(19-4-8-20(26)9-5-19)16-33-21-10-2-17(3-11-21)15-32-22-12-6-18(7-13-22)23(27)14-25(29)30/h2-13,23H,14-16,26-27H2,1H3,(H,29,30)/b28-24-. The molecule has 3 rings (SSSR count). The number of nitrogens with two attached hydrogens (primary N) is 2. The number of hydrogen-bond donors (Lipinski definition) is 3. The van der Waals surface area contributed by atoms with Crippen LogP contribution in [0.5, 0.6) is 11.5 Å². The van der Waals surface area contributed by atoms with Crippen molar-refractivity contribution < 1.29 is 24.2 Å². The molecule has 0 saturated carbocycles. The van der Waals surface area contributed by atoms with Crippen molar-refractivity contribution in [3.05, 3.63) is 89.5 Å². The highest BCUT2D eigenvalue weighted by atomic mass is 16.6. The Morgan fingerprint density at radius 3 is 2.15 bits per heavy atom.